The number of carbonyl (C=O) groups excluding carboxylic acids is 3. The summed E-state index contributed by atoms with van der Waals surface area (Å²) in [6, 6.07) is 18.9. The molecule has 4 rings (SSSR count). The topological polar surface area (TPSA) is 69.7 Å². The molecule has 2 aromatic carbocycles. The highest BCUT2D eigenvalue weighted by Crippen LogP contribution is 2.22. The van der Waals surface area contributed by atoms with Crippen LogP contribution in [0.2, 0.25) is 0 Å². The highest BCUT2D eigenvalue weighted by Gasteiger charge is 2.39. The molecule has 0 unspecified atom stereocenters. The molecule has 2 heterocycles. The maximum atomic E-state index is 12.7. The molecule has 0 spiro atoms. The molecule has 2 aromatic rings. The van der Waals surface area contributed by atoms with Crippen molar-refractivity contribution in [3.63, 3.8) is 0 Å². The quantitative estimate of drug-likeness (QED) is 0.751. The van der Waals surface area contributed by atoms with Crippen LogP contribution < -0.4 is 5.32 Å². The maximum absolute atomic E-state index is 12.7. The third-order valence-corrected chi connectivity index (χ3v) is 6.02. The van der Waals surface area contributed by atoms with Gasteiger partial charge in [-0.05, 0) is 36.3 Å². The van der Waals surface area contributed by atoms with Crippen molar-refractivity contribution in [2.24, 2.45) is 5.92 Å². The fraction of sp³-hybridized carbons (Fsp3) is 0.375. The molecule has 2 aliphatic heterocycles. The normalized spacial score (nSPS) is 19.8. The lowest BCUT2D eigenvalue weighted by molar-refractivity contribution is -0.138. The van der Waals surface area contributed by atoms with Gasteiger partial charge in [0.15, 0.2) is 0 Å². The van der Waals surface area contributed by atoms with Gasteiger partial charge in [-0.2, -0.15) is 0 Å². The number of piperidine rings is 1. The Labute approximate surface area is 176 Å². The van der Waals surface area contributed by atoms with Crippen LogP contribution in [0.3, 0.4) is 0 Å². The number of urea groups is 1. The van der Waals surface area contributed by atoms with Crippen LogP contribution in [-0.4, -0.2) is 53.3 Å². The first-order valence-corrected chi connectivity index (χ1v) is 10.6. The number of hydrogen-bond donors (Lipinski definition) is 1. The first-order chi connectivity index (χ1) is 14.6. The molecule has 0 bridgehead atoms. The molecule has 0 radical (unpaired) electrons. The van der Waals surface area contributed by atoms with E-state index < -0.39 is 12.1 Å². The second-order valence-corrected chi connectivity index (χ2v) is 8.13. The Morgan fingerprint density at radius 3 is 2.03 bits per heavy atom. The number of nitrogens with zero attached hydrogens (tertiary/aromatic N) is 2. The monoisotopic (exact) mass is 405 g/mol. The molecule has 0 saturated carbocycles. The zero-order valence-electron chi connectivity index (χ0n) is 17.0. The van der Waals surface area contributed by atoms with Gasteiger partial charge in [0.05, 0.1) is 0 Å². The van der Waals surface area contributed by atoms with Crippen LogP contribution >= 0.6 is 0 Å². The zero-order valence-corrected chi connectivity index (χ0v) is 17.0. The van der Waals surface area contributed by atoms with Gasteiger partial charge in [-0.3, -0.25) is 14.5 Å². The largest absolute Gasteiger partial charge is 0.341 e. The van der Waals surface area contributed by atoms with E-state index in [9.17, 15) is 14.4 Å². The number of carbonyl (C=O) groups is 3. The Morgan fingerprint density at radius 1 is 0.867 bits per heavy atom. The van der Waals surface area contributed by atoms with E-state index >= 15 is 0 Å². The van der Waals surface area contributed by atoms with Gasteiger partial charge in [-0.1, -0.05) is 60.7 Å². The van der Waals surface area contributed by atoms with Crippen LogP contribution in [-0.2, 0) is 22.4 Å². The van der Waals surface area contributed by atoms with Crippen molar-refractivity contribution in [2.45, 2.75) is 31.7 Å². The van der Waals surface area contributed by atoms with Gasteiger partial charge in [0.2, 0.25) is 5.91 Å². The van der Waals surface area contributed by atoms with Crippen LogP contribution in [0.1, 0.15) is 24.0 Å². The van der Waals surface area contributed by atoms with E-state index in [2.05, 4.69) is 29.6 Å². The molecule has 1 N–H and O–H groups in total. The van der Waals surface area contributed by atoms with Crippen LogP contribution in [0.4, 0.5) is 4.79 Å². The molecule has 30 heavy (non-hydrogen) atoms. The molecule has 0 aliphatic carbocycles. The standard InChI is InChI=1S/C24H27N3O3/c28-22(26-13-11-20(12-14-26)15-18-7-3-1-4-8-18)17-27-23(29)21(25-24(27)30)16-19-9-5-2-6-10-19/h1-10,20-21H,11-17H2,(H,25,30)/t21-/m0/s1. The summed E-state index contributed by atoms with van der Waals surface area (Å²) in [5.41, 5.74) is 2.30. The highest BCUT2D eigenvalue weighted by atomic mass is 16.2. The summed E-state index contributed by atoms with van der Waals surface area (Å²) in [5.74, 6) is 0.0802. The van der Waals surface area contributed by atoms with Crippen LogP contribution in [0.15, 0.2) is 60.7 Å². The zero-order chi connectivity index (χ0) is 20.9. The average molecular weight is 405 g/mol. The molecule has 6 nitrogen and oxygen atoms in total. The van der Waals surface area contributed by atoms with E-state index in [4.69, 9.17) is 0 Å². The van der Waals surface area contributed by atoms with Crippen molar-refractivity contribution in [1.29, 1.82) is 0 Å². The summed E-state index contributed by atoms with van der Waals surface area (Å²) in [4.78, 5) is 40.5. The van der Waals surface area contributed by atoms with Crippen molar-refractivity contribution in [3.05, 3.63) is 71.8 Å². The Balaban J connectivity index is 1.27. The van der Waals surface area contributed by atoms with Gasteiger partial charge in [0.1, 0.15) is 12.6 Å². The van der Waals surface area contributed by atoms with E-state index in [-0.39, 0.29) is 18.4 Å². The summed E-state index contributed by atoms with van der Waals surface area (Å²) < 4.78 is 0. The second-order valence-electron chi connectivity index (χ2n) is 8.13. The van der Waals surface area contributed by atoms with E-state index in [0.29, 0.717) is 25.4 Å². The van der Waals surface area contributed by atoms with Crippen molar-refractivity contribution in [3.8, 4) is 0 Å². The highest BCUT2D eigenvalue weighted by molar-refractivity contribution is 6.06. The summed E-state index contributed by atoms with van der Waals surface area (Å²) >= 11 is 0. The first-order valence-electron chi connectivity index (χ1n) is 10.6. The average Bonchev–Trinajstić information content (AvgIpc) is 3.03. The maximum Gasteiger partial charge on any atom is 0.325 e. The van der Waals surface area contributed by atoms with Gasteiger partial charge >= 0.3 is 6.03 Å². The lowest BCUT2D eigenvalue weighted by Crippen LogP contribution is -2.46. The Hall–Kier alpha value is -3.15. The molecule has 4 amide bonds. The van der Waals surface area contributed by atoms with E-state index in [1.54, 1.807) is 4.90 Å². The molecule has 156 valence electrons. The van der Waals surface area contributed by atoms with Gasteiger partial charge in [-0.15, -0.1) is 0 Å². The molecule has 1 atom stereocenters. The molecular weight excluding hydrogens is 378 g/mol. The molecule has 2 saturated heterocycles. The minimum absolute atomic E-state index is 0.156. The number of benzene rings is 2. The van der Waals surface area contributed by atoms with Crippen molar-refractivity contribution in [2.75, 3.05) is 19.6 Å². The SMILES string of the molecule is O=C(CN1C(=O)N[C@@H](Cc2ccccc2)C1=O)N1CCC(Cc2ccccc2)CC1. The minimum Gasteiger partial charge on any atom is -0.341 e. The van der Waals surface area contributed by atoms with Crippen LogP contribution in [0, 0.1) is 5.92 Å². The summed E-state index contributed by atoms with van der Waals surface area (Å²) in [5, 5.41) is 2.71. The molecule has 6 heteroatoms. The summed E-state index contributed by atoms with van der Waals surface area (Å²) in [6.45, 7) is 1.17. The van der Waals surface area contributed by atoms with Crippen LogP contribution in [0.5, 0.6) is 0 Å². The third kappa shape index (κ3) is 4.70. The number of rotatable bonds is 6. The van der Waals surface area contributed by atoms with Crippen LogP contribution in [0.25, 0.3) is 0 Å². The number of likely N-dealkylation sites (tertiary alicyclic amines) is 1. The Morgan fingerprint density at radius 2 is 1.43 bits per heavy atom. The Bertz CT molecular complexity index is 892. The lowest BCUT2D eigenvalue weighted by atomic mass is 9.90. The minimum atomic E-state index is -0.607. The summed E-state index contributed by atoms with van der Waals surface area (Å²) in [6.07, 6.45) is 3.34. The van der Waals surface area contributed by atoms with Gasteiger partial charge in [0, 0.05) is 19.5 Å². The number of imide groups is 1. The van der Waals surface area contributed by atoms with Crippen molar-refractivity contribution >= 4 is 17.8 Å². The predicted octanol–water partition coefficient (Wildman–Crippen LogP) is 2.63. The third-order valence-electron chi connectivity index (χ3n) is 6.02. The van der Waals surface area contributed by atoms with Gasteiger partial charge < -0.3 is 10.2 Å². The molecule has 0 aromatic heterocycles. The van der Waals surface area contributed by atoms with Crippen molar-refractivity contribution in [1.82, 2.24) is 15.1 Å². The molecule has 2 aliphatic rings. The summed E-state index contributed by atoms with van der Waals surface area (Å²) in [7, 11) is 0. The first kappa shape index (κ1) is 20.1. The smallest absolute Gasteiger partial charge is 0.325 e. The Kier molecular flexibility index (Phi) is 6.12. The van der Waals surface area contributed by atoms with Gasteiger partial charge in [0.25, 0.3) is 5.91 Å². The second kappa shape index (κ2) is 9.11. The number of nitrogens with one attached hydrogen (secondary N) is 1. The fourth-order valence-electron chi connectivity index (χ4n) is 4.28. The van der Waals surface area contributed by atoms with E-state index in [1.165, 1.54) is 5.56 Å². The molecule has 2 fully saturated rings. The molecular formula is C24H27N3O3. The number of hydrogen-bond acceptors (Lipinski definition) is 3. The van der Waals surface area contributed by atoms with E-state index in [0.717, 1.165) is 29.7 Å². The van der Waals surface area contributed by atoms with Gasteiger partial charge in [-0.25, -0.2) is 4.79 Å². The predicted molar refractivity (Wildman–Crippen MR) is 114 cm³/mol. The fourth-order valence-corrected chi connectivity index (χ4v) is 4.28. The van der Waals surface area contributed by atoms with Crippen molar-refractivity contribution < 1.29 is 14.4 Å². The van der Waals surface area contributed by atoms with E-state index in [1.807, 2.05) is 36.4 Å². The lowest BCUT2D eigenvalue weighted by Gasteiger charge is -2.32. The number of amides is 4.